The molecule has 0 amide bonds. The van der Waals surface area contributed by atoms with Crippen molar-refractivity contribution in [1.29, 1.82) is 0 Å². The molecule has 0 aliphatic carbocycles. The first-order valence-electron chi connectivity index (χ1n) is 6.81. The summed E-state index contributed by atoms with van der Waals surface area (Å²) in [5.74, 6) is -0.320. The zero-order valence-electron chi connectivity index (χ0n) is 11.7. The van der Waals surface area contributed by atoms with Crippen LogP contribution in [-0.4, -0.2) is 10.2 Å². The Labute approximate surface area is 126 Å². The number of aromatic hydroxyl groups is 1. The van der Waals surface area contributed by atoms with E-state index in [1.165, 1.54) is 6.08 Å². The van der Waals surface area contributed by atoms with E-state index >= 15 is 0 Å². The SMILES string of the molecule is O=c1cc(CO)oc(C=Cc2ccc3ccccc3c2)c1O. The largest absolute Gasteiger partial charge is 0.502 e. The summed E-state index contributed by atoms with van der Waals surface area (Å²) in [6, 6.07) is 15.0. The lowest BCUT2D eigenvalue weighted by molar-refractivity contribution is 0.240. The third-order valence-electron chi connectivity index (χ3n) is 3.36. The van der Waals surface area contributed by atoms with Gasteiger partial charge < -0.3 is 14.6 Å². The van der Waals surface area contributed by atoms with Gasteiger partial charge in [-0.05, 0) is 28.5 Å². The highest BCUT2D eigenvalue weighted by atomic mass is 16.4. The molecule has 0 unspecified atom stereocenters. The average Bonchev–Trinajstić information content (AvgIpc) is 2.55. The minimum atomic E-state index is -0.575. The highest BCUT2D eigenvalue weighted by Gasteiger charge is 2.08. The summed E-state index contributed by atoms with van der Waals surface area (Å²) >= 11 is 0. The fraction of sp³-hybridized carbons (Fsp3) is 0.0556. The van der Waals surface area contributed by atoms with Gasteiger partial charge in [0, 0.05) is 6.07 Å². The molecule has 0 saturated heterocycles. The lowest BCUT2D eigenvalue weighted by Crippen LogP contribution is -2.02. The Bertz CT molecular complexity index is 906. The molecule has 4 nitrogen and oxygen atoms in total. The third kappa shape index (κ3) is 2.77. The van der Waals surface area contributed by atoms with Gasteiger partial charge in [0.1, 0.15) is 12.4 Å². The molecule has 110 valence electrons. The van der Waals surface area contributed by atoms with Gasteiger partial charge in [0.15, 0.2) is 5.76 Å². The molecular formula is C18H14O4. The number of hydrogen-bond acceptors (Lipinski definition) is 4. The van der Waals surface area contributed by atoms with Crippen LogP contribution < -0.4 is 5.43 Å². The van der Waals surface area contributed by atoms with Crippen LogP contribution in [0.4, 0.5) is 0 Å². The maximum atomic E-state index is 11.6. The Balaban J connectivity index is 1.99. The normalized spacial score (nSPS) is 11.3. The number of rotatable bonds is 3. The van der Waals surface area contributed by atoms with Gasteiger partial charge in [-0.15, -0.1) is 0 Å². The minimum absolute atomic E-state index is 0.0321. The predicted octanol–water partition coefficient (Wildman–Crippen LogP) is 3.16. The van der Waals surface area contributed by atoms with Crippen molar-refractivity contribution in [3.8, 4) is 5.75 Å². The zero-order chi connectivity index (χ0) is 15.5. The van der Waals surface area contributed by atoms with E-state index in [9.17, 15) is 9.90 Å². The van der Waals surface area contributed by atoms with Gasteiger partial charge in [0.25, 0.3) is 0 Å². The second-order valence-corrected chi connectivity index (χ2v) is 4.89. The molecule has 0 radical (unpaired) electrons. The number of benzene rings is 2. The number of aliphatic hydroxyl groups excluding tert-OH is 1. The van der Waals surface area contributed by atoms with Crippen LogP contribution >= 0.6 is 0 Å². The summed E-state index contributed by atoms with van der Waals surface area (Å²) in [7, 11) is 0. The number of hydrogen-bond donors (Lipinski definition) is 2. The van der Waals surface area contributed by atoms with Crippen molar-refractivity contribution in [1.82, 2.24) is 0 Å². The van der Waals surface area contributed by atoms with Crippen molar-refractivity contribution in [2.45, 2.75) is 6.61 Å². The number of fused-ring (bicyclic) bond motifs is 1. The van der Waals surface area contributed by atoms with Crippen molar-refractivity contribution >= 4 is 22.9 Å². The third-order valence-corrected chi connectivity index (χ3v) is 3.36. The fourth-order valence-corrected chi connectivity index (χ4v) is 2.23. The lowest BCUT2D eigenvalue weighted by atomic mass is 10.1. The van der Waals surface area contributed by atoms with E-state index in [4.69, 9.17) is 9.52 Å². The zero-order valence-corrected chi connectivity index (χ0v) is 11.7. The van der Waals surface area contributed by atoms with E-state index in [-0.39, 0.29) is 11.5 Å². The highest BCUT2D eigenvalue weighted by Crippen LogP contribution is 2.20. The van der Waals surface area contributed by atoms with Crippen LogP contribution in [0.3, 0.4) is 0 Å². The maximum Gasteiger partial charge on any atom is 0.227 e. The molecule has 0 aliphatic heterocycles. The van der Waals surface area contributed by atoms with Gasteiger partial charge in [-0.1, -0.05) is 42.5 Å². The van der Waals surface area contributed by atoms with Gasteiger partial charge in [0.05, 0.1) is 0 Å². The summed E-state index contributed by atoms with van der Waals surface area (Å²) in [5, 5.41) is 21.0. The van der Waals surface area contributed by atoms with E-state index < -0.39 is 17.8 Å². The van der Waals surface area contributed by atoms with Crippen LogP contribution in [0.5, 0.6) is 5.75 Å². The summed E-state index contributed by atoms with van der Waals surface area (Å²) in [5.41, 5.74) is 0.337. The molecule has 22 heavy (non-hydrogen) atoms. The Kier molecular flexibility index (Phi) is 3.76. The molecule has 0 spiro atoms. The smallest absolute Gasteiger partial charge is 0.227 e. The molecule has 2 aromatic carbocycles. The monoisotopic (exact) mass is 294 g/mol. The predicted molar refractivity (Wildman–Crippen MR) is 85.4 cm³/mol. The molecule has 0 saturated carbocycles. The Morgan fingerprint density at radius 1 is 1.00 bits per heavy atom. The highest BCUT2D eigenvalue weighted by molar-refractivity contribution is 5.85. The van der Waals surface area contributed by atoms with Crippen molar-refractivity contribution < 1.29 is 14.6 Å². The maximum absolute atomic E-state index is 11.6. The molecule has 0 aliphatic rings. The molecule has 1 aromatic heterocycles. The van der Waals surface area contributed by atoms with Crippen molar-refractivity contribution in [2.75, 3.05) is 0 Å². The Morgan fingerprint density at radius 3 is 2.55 bits per heavy atom. The van der Waals surface area contributed by atoms with Crippen LogP contribution in [0, 0.1) is 0 Å². The summed E-state index contributed by atoms with van der Waals surface area (Å²) in [6.45, 7) is -0.396. The van der Waals surface area contributed by atoms with E-state index in [2.05, 4.69) is 0 Å². The van der Waals surface area contributed by atoms with Crippen LogP contribution in [-0.2, 0) is 6.61 Å². The molecule has 2 N–H and O–H groups in total. The van der Waals surface area contributed by atoms with Gasteiger partial charge in [-0.25, -0.2) is 0 Å². The molecule has 3 rings (SSSR count). The Hall–Kier alpha value is -2.85. The van der Waals surface area contributed by atoms with E-state index in [0.29, 0.717) is 0 Å². The quantitative estimate of drug-likeness (QED) is 0.778. The molecular weight excluding hydrogens is 280 g/mol. The average molecular weight is 294 g/mol. The summed E-state index contributed by atoms with van der Waals surface area (Å²) < 4.78 is 5.26. The molecule has 3 aromatic rings. The molecule has 1 heterocycles. The van der Waals surface area contributed by atoms with Crippen LogP contribution in [0.2, 0.25) is 0 Å². The van der Waals surface area contributed by atoms with Crippen LogP contribution in [0.15, 0.2) is 57.7 Å². The van der Waals surface area contributed by atoms with Gasteiger partial charge in [0.2, 0.25) is 11.2 Å². The number of aliphatic hydroxyl groups is 1. The molecule has 0 atom stereocenters. The van der Waals surface area contributed by atoms with Crippen molar-refractivity contribution in [3.05, 3.63) is 75.8 Å². The standard InChI is InChI=1S/C18H14O4/c19-11-15-10-16(20)18(21)17(22-15)8-6-12-5-7-13-3-1-2-4-14(13)9-12/h1-10,19,21H,11H2. The van der Waals surface area contributed by atoms with E-state index in [1.807, 2.05) is 42.5 Å². The van der Waals surface area contributed by atoms with Crippen LogP contribution in [0.1, 0.15) is 17.1 Å². The molecule has 4 heteroatoms. The van der Waals surface area contributed by atoms with E-state index in [0.717, 1.165) is 22.4 Å². The van der Waals surface area contributed by atoms with Crippen molar-refractivity contribution in [2.24, 2.45) is 0 Å². The van der Waals surface area contributed by atoms with Gasteiger partial charge >= 0.3 is 0 Å². The topological polar surface area (TPSA) is 70.7 Å². The second-order valence-electron chi connectivity index (χ2n) is 4.89. The van der Waals surface area contributed by atoms with Crippen molar-refractivity contribution in [3.63, 3.8) is 0 Å². The van der Waals surface area contributed by atoms with E-state index in [1.54, 1.807) is 6.08 Å². The lowest BCUT2D eigenvalue weighted by Gasteiger charge is -2.02. The first-order chi connectivity index (χ1) is 10.7. The van der Waals surface area contributed by atoms with Crippen LogP contribution in [0.25, 0.3) is 22.9 Å². The van der Waals surface area contributed by atoms with Gasteiger partial charge in [-0.3, -0.25) is 4.79 Å². The summed E-state index contributed by atoms with van der Waals surface area (Å²) in [4.78, 5) is 11.6. The van der Waals surface area contributed by atoms with Gasteiger partial charge in [-0.2, -0.15) is 0 Å². The first kappa shape index (κ1) is 14.1. The first-order valence-corrected chi connectivity index (χ1v) is 6.81. The second kappa shape index (κ2) is 5.87. The minimum Gasteiger partial charge on any atom is -0.502 e. The molecule has 0 fully saturated rings. The molecule has 0 bridgehead atoms. The Morgan fingerprint density at radius 2 is 1.77 bits per heavy atom. The summed E-state index contributed by atoms with van der Waals surface area (Å²) in [6.07, 6.45) is 3.26. The fourth-order valence-electron chi connectivity index (χ4n) is 2.23.